The van der Waals surface area contributed by atoms with Gasteiger partial charge in [0.2, 0.25) is 0 Å². The van der Waals surface area contributed by atoms with Crippen LogP contribution in [-0.2, 0) is 24.4 Å². The van der Waals surface area contributed by atoms with Crippen LogP contribution in [0, 0.1) is 0 Å². The van der Waals surface area contributed by atoms with Gasteiger partial charge in [-0.15, -0.1) is 0 Å². The normalized spacial score (nSPS) is 28.4. The van der Waals surface area contributed by atoms with Gasteiger partial charge in [-0.25, -0.2) is 0 Å². The Bertz CT molecular complexity index is 657. The van der Waals surface area contributed by atoms with Crippen LogP contribution in [-0.4, -0.2) is 38.4 Å². The molecule has 1 fully saturated rings. The van der Waals surface area contributed by atoms with Gasteiger partial charge in [0.1, 0.15) is 0 Å². The summed E-state index contributed by atoms with van der Waals surface area (Å²) in [6.45, 7) is 9.90. The van der Waals surface area contributed by atoms with E-state index in [1.807, 2.05) is 45.9 Å². The Balaban J connectivity index is 2.00. The number of hydrogen-bond donors (Lipinski definition) is 0. The quantitative estimate of drug-likeness (QED) is 0.781. The molecule has 23 heavy (non-hydrogen) atoms. The van der Waals surface area contributed by atoms with Crippen LogP contribution < -0.4 is 10.4 Å². The Kier molecular flexibility index (Phi) is 3.45. The average molecular weight is 317 g/mol. The molecule has 2 heterocycles. The van der Waals surface area contributed by atoms with Gasteiger partial charge in [0, 0.05) is 25.4 Å². The highest BCUT2D eigenvalue weighted by Crippen LogP contribution is 2.42. The van der Waals surface area contributed by atoms with Crippen LogP contribution >= 0.6 is 0 Å². The van der Waals surface area contributed by atoms with E-state index in [1.165, 1.54) is 0 Å². The molecule has 0 aromatic heterocycles. The van der Waals surface area contributed by atoms with Crippen molar-refractivity contribution < 1.29 is 18.8 Å². The molecule has 1 atom stereocenters. The van der Waals surface area contributed by atoms with E-state index in [1.54, 1.807) is 26.0 Å². The number of carbonyl (C=O) groups is 1. The summed E-state index contributed by atoms with van der Waals surface area (Å²) in [6.07, 6.45) is 0. The van der Waals surface area contributed by atoms with Crippen molar-refractivity contribution >= 4 is 24.2 Å². The molecule has 1 amide bonds. The fraction of sp³-hybridized carbons (Fsp3) is 0.588. The Morgan fingerprint density at radius 2 is 1.65 bits per heavy atom. The number of benzene rings is 1. The first-order valence-corrected chi connectivity index (χ1v) is 7.87. The summed E-state index contributed by atoms with van der Waals surface area (Å²) in [6, 6.07) is 5.84. The zero-order chi connectivity index (χ0) is 17.2. The summed E-state index contributed by atoms with van der Waals surface area (Å²) in [5.74, 6) is -0.0685. The number of hydrogen-bond acceptors (Lipinski definition) is 4. The van der Waals surface area contributed by atoms with Gasteiger partial charge in [0.25, 0.3) is 5.91 Å². The molecule has 1 aromatic rings. The molecule has 1 saturated heterocycles. The summed E-state index contributed by atoms with van der Waals surface area (Å²) >= 11 is 0. The van der Waals surface area contributed by atoms with Crippen LogP contribution in [0.1, 0.15) is 40.2 Å². The summed E-state index contributed by atoms with van der Waals surface area (Å²) in [5.41, 5.74) is 0.902. The zero-order valence-corrected chi connectivity index (χ0v) is 14.9. The Hall–Kier alpha value is -1.37. The van der Waals surface area contributed by atoms with Gasteiger partial charge < -0.3 is 18.9 Å². The molecular weight excluding hydrogens is 293 g/mol. The highest BCUT2D eigenvalue weighted by atomic mass is 16.7. The molecule has 2 aliphatic rings. The number of amides is 1. The Labute approximate surface area is 138 Å². The predicted molar refractivity (Wildman–Crippen MR) is 89.9 cm³/mol. The van der Waals surface area contributed by atoms with E-state index in [0.29, 0.717) is 0 Å². The number of methoxy groups -OCH3 is 1. The molecule has 0 radical (unpaired) electrons. The minimum atomic E-state index is -0.932. The van der Waals surface area contributed by atoms with Crippen LogP contribution in [0.25, 0.3) is 0 Å². The number of fused-ring (bicyclic) bond motifs is 1. The lowest BCUT2D eigenvalue weighted by molar-refractivity contribution is -0.137. The van der Waals surface area contributed by atoms with Crippen molar-refractivity contribution in [1.82, 2.24) is 0 Å². The largest absolute Gasteiger partial charge is 0.494 e. The first-order valence-electron chi connectivity index (χ1n) is 7.87. The molecule has 0 unspecified atom stereocenters. The van der Waals surface area contributed by atoms with Crippen molar-refractivity contribution in [1.29, 1.82) is 0 Å². The van der Waals surface area contributed by atoms with Gasteiger partial charge in [-0.1, -0.05) is 12.1 Å². The minimum Gasteiger partial charge on any atom is -0.399 e. The Morgan fingerprint density at radius 3 is 2.17 bits per heavy atom. The second-order valence-electron chi connectivity index (χ2n) is 7.47. The molecule has 0 saturated carbocycles. The Morgan fingerprint density at radius 1 is 1.09 bits per heavy atom. The van der Waals surface area contributed by atoms with Crippen molar-refractivity contribution in [2.24, 2.45) is 0 Å². The third kappa shape index (κ3) is 2.16. The highest BCUT2D eigenvalue weighted by molar-refractivity contribution is 6.62. The fourth-order valence-electron chi connectivity index (χ4n) is 3.10. The lowest BCUT2D eigenvalue weighted by Gasteiger charge is -2.32. The fourth-order valence-corrected chi connectivity index (χ4v) is 3.10. The molecule has 1 aromatic carbocycles. The van der Waals surface area contributed by atoms with Gasteiger partial charge >= 0.3 is 7.12 Å². The van der Waals surface area contributed by atoms with E-state index < -0.39 is 12.7 Å². The maximum atomic E-state index is 12.5. The van der Waals surface area contributed by atoms with Crippen LogP contribution in [0.2, 0.25) is 0 Å². The number of likely N-dealkylation sites (N-methyl/N-ethyl adjacent to an activating group) is 1. The SMILES string of the molecule is CO[C@@]1(C)C(=O)N(C)c2cc(B3OC(C)(C)C(C)(C)O3)ccc21. The van der Waals surface area contributed by atoms with Crippen molar-refractivity contribution in [3.05, 3.63) is 23.8 Å². The van der Waals surface area contributed by atoms with Crippen LogP contribution in [0.4, 0.5) is 5.69 Å². The number of anilines is 1. The van der Waals surface area contributed by atoms with Gasteiger partial charge in [-0.2, -0.15) is 0 Å². The summed E-state index contributed by atoms with van der Waals surface area (Å²) in [5, 5.41) is 0. The van der Waals surface area contributed by atoms with Crippen molar-refractivity contribution in [2.75, 3.05) is 19.1 Å². The van der Waals surface area contributed by atoms with Crippen molar-refractivity contribution in [3.63, 3.8) is 0 Å². The van der Waals surface area contributed by atoms with Gasteiger partial charge in [0.15, 0.2) is 5.60 Å². The molecule has 2 aliphatic heterocycles. The minimum absolute atomic E-state index is 0.0685. The maximum absolute atomic E-state index is 12.5. The third-order valence-corrected chi connectivity index (χ3v) is 5.54. The second kappa shape index (κ2) is 4.82. The van der Waals surface area contributed by atoms with Gasteiger partial charge in [0.05, 0.1) is 11.2 Å². The molecule has 6 heteroatoms. The molecule has 5 nitrogen and oxygen atoms in total. The molecule has 0 bridgehead atoms. The van der Waals surface area contributed by atoms with Crippen molar-refractivity contribution in [2.45, 2.75) is 51.4 Å². The van der Waals surface area contributed by atoms with Crippen LogP contribution in [0.5, 0.6) is 0 Å². The standard InChI is InChI=1S/C17H24BNO4/c1-15(2)16(3,4)23-18(22-15)11-8-9-12-13(10-11)19(6)14(20)17(12,5)21-7/h8-10H,1-7H3/t17-/m1/s1. The monoisotopic (exact) mass is 317 g/mol. The van der Waals surface area contributed by atoms with E-state index in [0.717, 1.165) is 16.7 Å². The average Bonchev–Trinajstić information content (AvgIpc) is 2.82. The third-order valence-electron chi connectivity index (χ3n) is 5.54. The van der Waals surface area contributed by atoms with Gasteiger partial charge in [-0.05, 0) is 46.1 Å². The zero-order valence-electron chi connectivity index (χ0n) is 14.9. The van der Waals surface area contributed by atoms with E-state index in [4.69, 9.17) is 14.0 Å². The first kappa shape index (κ1) is 16.5. The predicted octanol–water partition coefficient (Wildman–Crippen LogP) is 1.82. The summed E-state index contributed by atoms with van der Waals surface area (Å²) in [7, 11) is 2.88. The summed E-state index contributed by atoms with van der Waals surface area (Å²) < 4.78 is 17.7. The number of ether oxygens (including phenoxy) is 1. The molecule has 0 N–H and O–H groups in total. The van der Waals surface area contributed by atoms with Crippen molar-refractivity contribution in [3.8, 4) is 0 Å². The van der Waals surface area contributed by atoms with E-state index in [-0.39, 0.29) is 17.1 Å². The number of nitrogens with zero attached hydrogens (tertiary/aromatic N) is 1. The topological polar surface area (TPSA) is 48.0 Å². The molecule has 124 valence electrons. The number of carbonyl (C=O) groups excluding carboxylic acids is 1. The second-order valence-corrected chi connectivity index (χ2v) is 7.47. The van der Waals surface area contributed by atoms with Crippen LogP contribution in [0.3, 0.4) is 0 Å². The molecule has 0 spiro atoms. The lowest BCUT2D eigenvalue weighted by atomic mass is 9.78. The maximum Gasteiger partial charge on any atom is 0.494 e. The molecule has 0 aliphatic carbocycles. The molecular formula is C17H24BNO4. The highest BCUT2D eigenvalue weighted by Gasteiger charge is 2.53. The molecule has 3 rings (SSSR count). The lowest BCUT2D eigenvalue weighted by Crippen LogP contribution is -2.41. The first-order chi connectivity index (χ1) is 10.5. The van der Waals surface area contributed by atoms with Crippen LogP contribution in [0.15, 0.2) is 18.2 Å². The van der Waals surface area contributed by atoms with Gasteiger partial charge in [-0.3, -0.25) is 4.79 Å². The summed E-state index contributed by atoms with van der Waals surface area (Å²) in [4.78, 5) is 14.1. The van der Waals surface area contributed by atoms with E-state index in [2.05, 4.69) is 0 Å². The van der Waals surface area contributed by atoms with E-state index in [9.17, 15) is 4.79 Å². The smallest absolute Gasteiger partial charge is 0.399 e. The van der Waals surface area contributed by atoms with E-state index >= 15 is 0 Å². The number of rotatable bonds is 2.